The Hall–Kier alpha value is -2.37. The van der Waals surface area contributed by atoms with Crippen LogP contribution in [0.1, 0.15) is 0 Å². The minimum absolute atomic E-state index is 0.338. The summed E-state index contributed by atoms with van der Waals surface area (Å²) in [6.45, 7) is 0. The van der Waals surface area contributed by atoms with Gasteiger partial charge in [0.05, 0.1) is 0 Å². The number of hydrogen-bond acceptors (Lipinski definition) is 4. The van der Waals surface area contributed by atoms with Crippen LogP contribution in [0.4, 0.5) is 10.2 Å². The predicted molar refractivity (Wildman–Crippen MR) is 56.0 cm³/mol. The van der Waals surface area contributed by atoms with Crippen LogP contribution in [-0.2, 0) is 0 Å². The number of aromatic nitrogens is 3. The number of nitrogens with two attached hydrogens (primary N) is 1. The van der Waals surface area contributed by atoms with Gasteiger partial charge in [0.1, 0.15) is 22.8 Å². The first kappa shape index (κ1) is 8.90. The Morgan fingerprint density at radius 2 is 2.19 bits per heavy atom. The fourth-order valence-corrected chi connectivity index (χ4v) is 1.46. The zero-order valence-electron chi connectivity index (χ0n) is 8.07. The molecule has 3 aromatic rings. The van der Waals surface area contributed by atoms with Crippen molar-refractivity contribution in [1.29, 1.82) is 0 Å². The Bertz CT molecular complexity index is 658. The number of aromatic amines is 1. The van der Waals surface area contributed by atoms with Crippen LogP contribution in [0.15, 0.2) is 28.7 Å². The monoisotopic (exact) mass is 218 g/mol. The van der Waals surface area contributed by atoms with E-state index in [2.05, 4.69) is 15.2 Å². The van der Waals surface area contributed by atoms with E-state index < -0.39 is 0 Å². The lowest BCUT2D eigenvalue weighted by Gasteiger charge is -1.85. The summed E-state index contributed by atoms with van der Waals surface area (Å²) in [5.41, 5.74) is 7.01. The molecule has 6 heteroatoms. The first-order valence-electron chi connectivity index (χ1n) is 4.60. The average molecular weight is 218 g/mol. The number of nitrogens with zero attached hydrogens (tertiary/aromatic N) is 2. The zero-order valence-corrected chi connectivity index (χ0v) is 8.07. The van der Waals surface area contributed by atoms with Crippen molar-refractivity contribution in [3.8, 4) is 11.6 Å². The maximum Gasteiger partial charge on any atom is 0.245 e. The standard InChI is InChI=1S/C10H7FN4O/c11-5-1-2-8-6(3-5)13-10(16-8)7-4-9(12)15-14-7/h1-4H,(H3,12,14,15). The van der Waals surface area contributed by atoms with E-state index in [1.54, 1.807) is 6.07 Å². The van der Waals surface area contributed by atoms with E-state index >= 15 is 0 Å². The molecule has 0 amide bonds. The van der Waals surface area contributed by atoms with E-state index in [0.29, 0.717) is 28.5 Å². The summed E-state index contributed by atoms with van der Waals surface area (Å²) in [5.74, 6) is 0.338. The fraction of sp³-hybridized carbons (Fsp3) is 0. The van der Waals surface area contributed by atoms with Crippen LogP contribution in [0.3, 0.4) is 0 Å². The average Bonchev–Trinajstić information content (AvgIpc) is 2.83. The molecule has 2 heterocycles. The molecule has 0 saturated heterocycles. The molecule has 3 rings (SSSR count). The van der Waals surface area contributed by atoms with Gasteiger partial charge in [0.15, 0.2) is 5.58 Å². The SMILES string of the molecule is Nc1cc(-c2nc3cc(F)ccc3o2)[nH]n1. The molecule has 80 valence electrons. The molecule has 0 aliphatic heterocycles. The highest BCUT2D eigenvalue weighted by Crippen LogP contribution is 2.23. The number of halogens is 1. The molecular formula is C10H7FN4O. The second-order valence-corrected chi connectivity index (χ2v) is 3.34. The summed E-state index contributed by atoms with van der Waals surface area (Å²) in [6.07, 6.45) is 0. The van der Waals surface area contributed by atoms with Crippen molar-refractivity contribution in [2.75, 3.05) is 5.73 Å². The van der Waals surface area contributed by atoms with E-state index in [-0.39, 0.29) is 5.82 Å². The summed E-state index contributed by atoms with van der Waals surface area (Å²) in [6, 6.07) is 5.75. The Balaban J connectivity index is 2.18. The molecule has 2 aromatic heterocycles. The van der Waals surface area contributed by atoms with E-state index in [4.69, 9.17) is 10.2 Å². The van der Waals surface area contributed by atoms with Gasteiger partial charge in [0.2, 0.25) is 5.89 Å². The van der Waals surface area contributed by atoms with Crippen LogP contribution in [0.2, 0.25) is 0 Å². The van der Waals surface area contributed by atoms with Crippen LogP contribution >= 0.6 is 0 Å². The van der Waals surface area contributed by atoms with Gasteiger partial charge in [-0.2, -0.15) is 5.10 Å². The summed E-state index contributed by atoms with van der Waals surface area (Å²) >= 11 is 0. The van der Waals surface area contributed by atoms with Crippen LogP contribution in [0.5, 0.6) is 0 Å². The van der Waals surface area contributed by atoms with Crippen molar-refractivity contribution in [2.45, 2.75) is 0 Å². The molecule has 0 saturated carbocycles. The summed E-state index contributed by atoms with van der Waals surface area (Å²) in [7, 11) is 0. The highest BCUT2D eigenvalue weighted by atomic mass is 19.1. The Morgan fingerprint density at radius 1 is 1.31 bits per heavy atom. The van der Waals surface area contributed by atoms with Gasteiger partial charge in [-0.1, -0.05) is 0 Å². The van der Waals surface area contributed by atoms with E-state index in [0.717, 1.165) is 0 Å². The molecule has 0 spiro atoms. The topological polar surface area (TPSA) is 80.7 Å². The van der Waals surface area contributed by atoms with Gasteiger partial charge < -0.3 is 10.2 Å². The third kappa shape index (κ3) is 1.31. The lowest BCUT2D eigenvalue weighted by molar-refractivity contribution is 0.611. The van der Waals surface area contributed by atoms with Crippen molar-refractivity contribution >= 4 is 16.9 Å². The smallest absolute Gasteiger partial charge is 0.245 e. The van der Waals surface area contributed by atoms with E-state index in [1.807, 2.05) is 0 Å². The Labute approximate surface area is 89.1 Å². The van der Waals surface area contributed by atoms with Crippen LogP contribution in [-0.4, -0.2) is 15.2 Å². The lowest BCUT2D eigenvalue weighted by atomic mass is 10.3. The van der Waals surface area contributed by atoms with Crippen molar-refractivity contribution in [1.82, 2.24) is 15.2 Å². The van der Waals surface area contributed by atoms with Gasteiger partial charge in [0, 0.05) is 12.1 Å². The predicted octanol–water partition coefficient (Wildman–Crippen LogP) is 1.94. The molecule has 0 radical (unpaired) electrons. The number of fused-ring (bicyclic) bond motifs is 1. The summed E-state index contributed by atoms with van der Waals surface area (Å²) in [5, 5.41) is 6.43. The van der Waals surface area contributed by atoms with Gasteiger partial charge in [-0.05, 0) is 12.1 Å². The number of hydrogen-bond donors (Lipinski definition) is 2. The number of benzene rings is 1. The number of nitrogen functional groups attached to an aromatic ring is 1. The van der Waals surface area contributed by atoms with E-state index in [1.165, 1.54) is 18.2 Å². The van der Waals surface area contributed by atoms with Crippen molar-refractivity contribution in [3.63, 3.8) is 0 Å². The van der Waals surface area contributed by atoms with Gasteiger partial charge in [-0.3, -0.25) is 5.10 Å². The quantitative estimate of drug-likeness (QED) is 0.654. The largest absolute Gasteiger partial charge is 0.435 e. The second-order valence-electron chi connectivity index (χ2n) is 3.34. The van der Waals surface area contributed by atoms with Crippen molar-refractivity contribution < 1.29 is 8.81 Å². The highest BCUT2D eigenvalue weighted by Gasteiger charge is 2.10. The summed E-state index contributed by atoms with van der Waals surface area (Å²) < 4.78 is 18.3. The summed E-state index contributed by atoms with van der Waals surface area (Å²) in [4.78, 5) is 4.12. The second kappa shape index (κ2) is 3.06. The zero-order chi connectivity index (χ0) is 11.1. The third-order valence-electron chi connectivity index (χ3n) is 2.18. The van der Waals surface area contributed by atoms with Gasteiger partial charge >= 0.3 is 0 Å². The Morgan fingerprint density at radius 3 is 2.94 bits per heavy atom. The fourth-order valence-electron chi connectivity index (χ4n) is 1.46. The highest BCUT2D eigenvalue weighted by molar-refractivity contribution is 5.75. The molecule has 16 heavy (non-hydrogen) atoms. The van der Waals surface area contributed by atoms with Crippen LogP contribution in [0, 0.1) is 5.82 Å². The first-order valence-corrected chi connectivity index (χ1v) is 4.60. The molecule has 0 bridgehead atoms. The minimum atomic E-state index is -0.350. The molecule has 0 fully saturated rings. The first-order chi connectivity index (χ1) is 7.72. The van der Waals surface area contributed by atoms with Gasteiger partial charge in [-0.25, -0.2) is 9.37 Å². The van der Waals surface area contributed by atoms with Crippen LogP contribution < -0.4 is 5.73 Å². The number of anilines is 1. The molecular weight excluding hydrogens is 211 g/mol. The maximum atomic E-state index is 12.9. The molecule has 3 N–H and O–H groups in total. The molecule has 0 aliphatic carbocycles. The minimum Gasteiger partial charge on any atom is -0.435 e. The van der Waals surface area contributed by atoms with Crippen molar-refractivity contribution in [2.24, 2.45) is 0 Å². The molecule has 0 aliphatic rings. The van der Waals surface area contributed by atoms with Crippen LogP contribution in [0.25, 0.3) is 22.7 Å². The molecule has 0 atom stereocenters. The number of nitrogens with one attached hydrogen (secondary N) is 1. The maximum absolute atomic E-state index is 12.9. The van der Waals surface area contributed by atoms with Gasteiger partial charge in [-0.15, -0.1) is 0 Å². The molecule has 5 nitrogen and oxygen atoms in total. The Kier molecular flexibility index (Phi) is 1.70. The number of H-pyrrole nitrogens is 1. The lowest BCUT2D eigenvalue weighted by Crippen LogP contribution is -1.81. The van der Waals surface area contributed by atoms with Crippen molar-refractivity contribution in [3.05, 3.63) is 30.1 Å². The number of rotatable bonds is 1. The number of oxazole rings is 1. The normalized spacial score (nSPS) is 11.1. The van der Waals surface area contributed by atoms with E-state index in [9.17, 15) is 4.39 Å². The molecule has 1 aromatic carbocycles. The molecule has 0 unspecified atom stereocenters. The van der Waals surface area contributed by atoms with Gasteiger partial charge in [0.25, 0.3) is 0 Å². The third-order valence-corrected chi connectivity index (χ3v) is 2.18.